The minimum Gasteiger partial charge on any atom is -0.462 e. The monoisotopic (exact) mass is 1420 g/mol. The van der Waals surface area contributed by atoms with E-state index in [9.17, 15) is 43.2 Å². The smallest absolute Gasteiger partial charge is 0.462 e. The molecule has 6 atom stereocenters. The van der Waals surface area contributed by atoms with Crippen LogP contribution in [0.2, 0.25) is 0 Å². The molecule has 0 fully saturated rings. The van der Waals surface area contributed by atoms with E-state index in [0.717, 1.165) is 95.8 Å². The normalized spacial score (nSPS) is 14.2. The van der Waals surface area contributed by atoms with Crippen molar-refractivity contribution in [2.24, 2.45) is 5.92 Å². The third-order valence-electron chi connectivity index (χ3n) is 18.6. The Labute approximate surface area is 594 Å². The molecule has 0 aliphatic rings. The average molecular weight is 1420 g/mol. The number of aliphatic hydroxyl groups is 1. The molecule has 3 N–H and O–H groups in total. The van der Waals surface area contributed by atoms with Gasteiger partial charge in [-0.25, -0.2) is 9.13 Å². The maximum absolute atomic E-state index is 13.1. The number of rotatable bonds is 78. The Morgan fingerprint density at radius 3 is 0.732 bits per heavy atom. The third kappa shape index (κ3) is 70.9. The molecule has 0 aromatic carbocycles. The Morgan fingerprint density at radius 2 is 0.495 bits per heavy atom. The van der Waals surface area contributed by atoms with Crippen molar-refractivity contribution in [2.45, 2.75) is 432 Å². The van der Waals surface area contributed by atoms with Crippen molar-refractivity contribution in [3.8, 4) is 0 Å². The summed E-state index contributed by atoms with van der Waals surface area (Å²) in [5, 5.41) is 10.6. The molecule has 0 aromatic heterocycles. The Morgan fingerprint density at radius 1 is 0.289 bits per heavy atom. The van der Waals surface area contributed by atoms with Gasteiger partial charge in [0.2, 0.25) is 0 Å². The van der Waals surface area contributed by atoms with Crippen LogP contribution in [0.4, 0.5) is 0 Å². The molecule has 0 rings (SSSR count). The van der Waals surface area contributed by atoms with E-state index in [1.165, 1.54) is 238 Å². The average Bonchev–Trinajstić information content (AvgIpc) is 1.41. The van der Waals surface area contributed by atoms with Gasteiger partial charge in [-0.3, -0.25) is 37.3 Å². The van der Waals surface area contributed by atoms with Crippen molar-refractivity contribution in [1.82, 2.24) is 0 Å². The van der Waals surface area contributed by atoms with Gasteiger partial charge in [-0.2, -0.15) is 0 Å². The highest BCUT2D eigenvalue weighted by atomic mass is 31.2. The maximum Gasteiger partial charge on any atom is 0.472 e. The molecule has 97 heavy (non-hydrogen) atoms. The van der Waals surface area contributed by atoms with Gasteiger partial charge in [0.05, 0.1) is 26.4 Å². The lowest BCUT2D eigenvalue weighted by atomic mass is 9.99. The number of ether oxygens (including phenoxy) is 4. The Kier molecular flexibility index (Phi) is 69.6. The third-order valence-corrected chi connectivity index (χ3v) is 20.5. The highest BCUT2D eigenvalue weighted by Gasteiger charge is 2.30. The van der Waals surface area contributed by atoms with Crippen LogP contribution in [0.25, 0.3) is 0 Å². The number of hydrogen-bond acceptors (Lipinski definition) is 15. The van der Waals surface area contributed by atoms with Crippen LogP contribution in [0, 0.1) is 5.92 Å². The topological polar surface area (TPSA) is 237 Å². The molecule has 0 saturated heterocycles. The molecule has 0 radical (unpaired) electrons. The summed E-state index contributed by atoms with van der Waals surface area (Å²) in [6.45, 7) is 7.36. The number of carbonyl (C=O) groups excluding carboxylic acids is 4. The van der Waals surface area contributed by atoms with Crippen LogP contribution < -0.4 is 0 Å². The number of phosphoric ester groups is 2. The number of esters is 4. The van der Waals surface area contributed by atoms with E-state index in [0.29, 0.717) is 25.7 Å². The zero-order chi connectivity index (χ0) is 71.2. The number of carbonyl (C=O) groups is 4. The fourth-order valence-corrected chi connectivity index (χ4v) is 13.6. The Bertz CT molecular complexity index is 1860. The van der Waals surface area contributed by atoms with E-state index < -0.39 is 97.5 Å². The van der Waals surface area contributed by atoms with Gasteiger partial charge in [0, 0.05) is 25.7 Å². The molecule has 0 bridgehead atoms. The van der Waals surface area contributed by atoms with Gasteiger partial charge in [0.25, 0.3) is 0 Å². The standard InChI is InChI=1S/C78H152O17P2/c1-6-10-13-16-19-22-25-26-27-28-29-33-38-42-47-52-57-62-76(81)89-68-74(95-78(83)64-59-54-49-44-39-34-31-30-32-37-40-45-50-55-60-71(5)9-4)70-93-97(86,87)91-66-72(79)65-90-96(84,85)92-69-73(94-77(82)63-58-53-48-43-36-24-21-18-15-12-8-3)67-88-75(80)61-56-51-46-41-35-23-20-17-14-11-7-2/h71-74,79H,6-70H2,1-5H3,(H,84,85)(H,86,87)/t71?,72-,73+,74+/m0/s1. The van der Waals surface area contributed by atoms with Crippen LogP contribution >= 0.6 is 15.6 Å². The zero-order valence-corrected chi connectivity index (χ0v) is 65.0. The minimum absolute atomic E-state index is 0.108. The summed E-state index contributed by atoms with van der Waals surface area (Å²) >= 11 is 0. The molecule has 0 heterocycles. The Hall–Kier alpha value is -1.94. The largest absolute Gasteiger partial charge is 0.472 e. The number of aliphatic hydroxyl groups excluding tert-OH is 1. The first kappa shape index (κ1) is 95.1. The van der Waals surface area contributed by atoms with Crippen LogP contribution in [-0.2, 0) is 65.4 Å². The summed E-state index contributed by atoms with van der Waals surface area (Å²) in [6.07, 6.45) is 60.8. The van der Waals surface area contributed by atoms with E-state index in [1.54, 1.807) is 0 Å². The van der Waals surface area contributed by atoms with Gasteiger partial charge in [-0.15, -0.1) is 0 Å². The van der Waals surface area contributed by atoms with Crippen LogP contribution in [0.1, 0.15) is 413 Å². The van der Waals surface area contributed by atoms with Gasteiger partial charge in [-0.1, -0.05) is 362 Å². The van der Waals surface area contributed by atoms with Crippen LogP contribution in [0.5, 0.6) is 0 Å². The highest BCUT2D eigenvalue weighted by molar-refractivity contribution is 7.47. The summed E-state index contributed by atoms with van der Waals surface area (Å²) in [7, 11) is -9.91. The fourth-order valence-electron chi connectivity index (χ4n) is 12.0. The van der Waals surface area contributed by atoms with E-state index in [4.69, 9.17) is 37.0 Å². The molecule has 0 aromatic rings. The van der Waals surface area contributed by atoms with Crippen LogP contribution in [-0.4, -0.2) is 96.7 Å². The van der Waals surface area contributed by atoms with Gasteiger partial charge in [0.1, 0.15) is 19.3 Å². The molecule has 19 heteroatoms. The lowest BCUT2D eigenvalue weighted by Gasteiger charge is -2.21. The molecular weight excluding hydrogens is 1270 g/mol. The lowest BCUT2D eigenvalue weighted by Crippen LogP contribution is -2.30. The highest BCUT2D eigenvalue weighted by Crippen LogP contribution is 2.45. The van der Waals surface area contributed by atoms with Gasteiger partial charge in [0.15, 0.2) is 12.2 Å². The SMILES string of the molecule is CCCCCCCCCCCCCCCCCCCC(=O)OC[C@H](COP(=O)(O)OC[C@@H](O)COP(=O)(O)OC[C@@H](COC(=O)CCCCCCCCCCCCC)OC(=O)CCCCCCCCCCCCC)OC(=O)CCCCCCCCCCCCCCCCC(C)CC. The lowest BCUT2D eigenvalue weighted by molar-refractivity contribution is -0.161. The van der Waals surface area contributed by atoms with E-state index >= 15 is 0 Å². The van der Waals surface area contributed by atoms with Crippen molar-refractivity contribution < 1.29 is 80.2 Å². The molecule has 0 saturated carbocycles. The van der Waals surface area contributed by atoms with Crippen molar-refractivity contribution >= 4 is 39.5 Å². The first-order valence-electron chi connectivity index (χ1n) is 40.7. The number of phosphoric acid groups is 2. The molecule has 0 aliphatic carbocycles. The molecule has 3 unspecified atom stereocenters. The fraction of sp³-hybridized carbons (Fsp3) is 0.949. The second-order valence-corrected chi connectivity index (χ2v) is 31.3. The molecular formula is C78H152O17P2. The zero-order valence-electron chi connectivity index (χ0n) is 63.2. The summed E-state index contributed by atoms with van der Waals surface area (Å²) in [5.74, 6) is -1.26. The second kappa shape index (κ2) is 71.1. The van der Waals surface area contributed by atoms with Crippen molar-refractivity contribution in [2.75, 3.05) is 39.6 Å². The minimum atomic E-state index is -4.96. The van der Waals surface area contributed by atoms with Gasteiger partial charge in [-0.05, 0) is 31.6 Å². The van der Waals surface area contributed by atoms with Crippen LogP contribution in [0.3, 0.4) is 0 Å². The first-order valence-corrected chi connectivity index (χ1v) is 43.7. The predicted molar refractivity (Wildman–Crippen MR) is 395 cm³/mol. The van der Waals surface area contributed by atoms with Gasteiger partial charge < -0.3 is 33.8 Å². The molecule has 0 aliphatic heterocycles. The number of hydrogen-bond donors (Lipinski definition) is 3. The first-order chi connectivity index (χ1) is 47.1. The summed E-state index contributed by atoms with van der Waals surface area (Å²) in [6, 6.07) is 0. The summed E-state index contributed by atoms with van der Waals surface area (Å²) in [5.41, 5.74) is 0. The molecule has 0 spiro atoms. The number of unbranched alkanes of at least 4 members (excludes halogenated alkanes) is 49. The molecule has 576 valence electrons. The van der Waals surface area contributed by atoms with E-state index in [-0.39, 0.29) is 25.7 Å². The van der Waals surface area contributed by atoms with E-state index in [1.807, 2.05) is 0 Å². The van der Waals surface area contributed by atoms with Crippen molar-refractivity contribution in [3.05, 3.63) is 0 Å². The van der Waals surface area contributed by atoms with Crippen molar-refractivity contribution in [1.29, 1.82) is 0 Å². The predicted octanol–water partition coefficient (Wildman–Crippen LogP) is 23.3. The van der Waals surface area contributed by atoms with Gasteiger partial charge >= 0.3 is 39.5 Å². The second-order valence-electron chi connectivity index (χ2n) is 28.3. The van der Waals surface area contributed by atoms with Crippen molar-refractivity contribution in [3.63, 3.8) is 0 Å². The summed E-state index contributed by atoms with van der Waals surface area (Å²) < 4.78 is 68.6. The maximum atomic E-state index is 13.1. The summed E-state index contributed by atoms with van der Waals surface area (Å²) in [4.78, 5) is 72.9. The molecule has 17 nitrogen and oxygen atoms in total. The molecule has 0 amide bonds. The quantitative estimate of drug-likeness (QED) is 0.0222. The Balaban J connectivity index is 5.23. The van der Waals surface area contributed by atoms with E-state index in [2.05, 4.69) is 34.6 Å². The van der Waals surface area contributed by atoms with Crippen LogP contribution in [0.15, 0.2) is 0 Å².